The fourth-order valence-corrected chi connectivity index (χ4v) is 3.21. The first-order chi connectivity index (χ1) is 11.0. The molecule has 1 aromatic rings. The smallest absolute Gasteiger partial charge is 0.408 e. The largest absolute Gasteiger partial charge is 0.444 e. The monoisotopic (exact) mass is 416 g/mol. The topological polar surface area (TPSA) is 62.1 Å². The van der Waals surface area contributed by atoms with Crippen molar-refractivity contribution >= 4 is 33.8 Å². The Morgan fingerprint density at radius 3 is 2.62 bits per heavy atom. The minimum atomic E-state index is -1.02. The quantitative estimate of drug-likeness (QED) is 0.735. The van der Waals surface area contributed by atoms with Crippen LogP contribution in [0, 0.1) is 17.1 Å². The minimum Gasteiger partial charge on any atom is -0.444 e. The lowest BCUT2D eigenvalue weighted by Crippen LogP contribution is -2.48. The molecule has 132 valence electrons. The summed E-state index contributed by atoms with van der Waals surface area (Å²) in [5.41, 5.74) is -1.35. The number of halogens is 2. The fraction of sp³-hybridized carbons (Fsp3) is 0.529. The van der Waals surface area contributed by atoms with Crippen molar-refractivity contribution in [3.8, 4) is 6.07 Å². The normalized spacial score (nSPS) is 15.1. The van der Waals surface area contributed by atoms with Gasteiger partial charge in [0, 0.05) is 15.8 Å². The standard InChI is InChI=1S/C17H22BrFN2O2S/c1-11(9-20)24-10-17(5,21-15(22)23-16(2,3)4)13-8-12(18)6-7-14(13)19/h6-8,11H,10H2,1-5H3,(H,21,22)/t11?,17-/m0/s1. The van der Waals surface area contributed by atoms with Gasteiger partial charge >= 0.3 is 6.09 Å². The number of hydrogen-bond donors (Lipinski definition) is 1. The molecule has 0 heterocycles. The van der Waals surface area contributed by atoms with Gasteiger partial charge < -0.3 is 10.1 Å². The van der Waals surface area contributed by atoms with Crippen molar-refractivity contribution in [3.63, 3.8) is 0 Å². The highest BCUT2D eigenvalue weighted by Crippen LogP contribution is 2.31. The summed E-state index contributed by atoms with van der Waals surface area (Å²) >= 11 is 4.67. The zero-order valence-corrected chi connectivity index (χ0v) is 16.8. The molecular weight excluding hydrogens is 395 g/mol. The van der Waals surface area contributed by atoms with E-state index in [-0.39, 0.29) is 5.25 Å². The zero-order valence-electron chi connectivity index (χ0n) is 14.4. The highest BCUT2D eigenvalue weighted by atomic mass is 79.9. The first kappa shape index (κ1) is 20.8. The summed E-state index contributed by atoms with van der Waals surface area (Å²) < 4.78 is 20.4. The highest BCUT2D eigenvalue weighted by molar-refractivity contribution is 9.10. The lowest BCUT2D eigenvalue weighted by molar-refractivity contribution is 0.0471. The lowest BCUT2D eigenvalue weighted by Gasteiger charge is -2.33. The number of ether oxygens (including phenoxy) is 1. The van der Waals surface area contributed by atoms with E-state index < -0.39 is 23.1 Å². The van der Waals surface area contributed by atoms with Crippen LogP contribution in [0.2, 0.25) is 0 Å². The first-order valence-electron chi connectivity index (χ1n) is 7.45. The molecule has 0 saturated carbocycles. The Morgan fingerprint density at radius 1 is 1.46 bits per heavy atom. The molecule has 1 unspecified atom stereocenters. The van der Waals surface area contributed by atoms with Crippen LogP contribution in [-0.2, 0) is 10.3 Å². The van der Waals surface area contributed by atoms with Crippen LogP contribution in [0.4, 0.5) is 9.18 Å². The molecule has 2 atom stereocenters. The number of thioether (sulfide) groups is 1. The summed E-state index contributed by atoms with van der Waals surface area (Å²) in [5, 5.41) is 11.5. The number of rotatable bonds is 5. The lowest BCUT2D eigenvalue weighted by atomic mass is 9.93. The third-order valence-electron chi connectivity index (χ3n) is 3.10. The number of amides is 1. The molecule has 0 aliphatic rings. The van der Waals surface area contributed by atoms with E-state index in [1.165, 1.54) is 17.8 Å². The molecule has 0 aliphatic heterocycles. The van der Waals surface area contributed by atoms with Crippen LogP contribution in [0.5, 0.6) is 0 Å². The van der Waals surface area contributed by atoms with Crippen molar-refractivity contribution in [1.82, 2.24) is 5.32 Å². The molecule has 24 heavy (non-hydrogen) atoms. The van der Waals surface area contributed by atoms with Gasteiger partial charge in [-0.15, -0.1) is 11.8 Å². The molecule has 0 aromatic heterocycles. The number of nitriles is 1. The second kappa shape index (κ2) is 8.21. The van der Waals surface area contributed by atoms with Gasteiger partial charge in [0.15, 0.2) is 0 Å². The number of carbonyl (C=O) groups excluding carboxylic acids is 1. The van der Waals surface area contributed by atoms with Gasteiger partial charge in [-0.2, -0.15) is 5.26 Å². The third-order valence-corrected chi connectivity index (χ3v) is 4.95. The van der Waals surface area contributed by atoms with Gasteiger partial charge in [-0.25, -0.2) is 9.18 Å². The molecule has 1 N–H and O–H groups in total. The number of nitrogens with zero attached hydrogens (tertiary/aromatic N) is 1. The Balaban J connectivity index is 3.14. The number of benzene rings is 1. The number of hydrogen-bond acceptors (Lipinski definition) is 4. The van der Waals surface area contributed by atoms with Crippen LogP contribution >= 0.6 is 27.7 Å². The number of nitrogens with one attached hydrogen (secondary N) is 1. The Hall–Kier alpha value is -1.26. The van der Waals surface area contributed by atoms with E-state index in [0.717, 1.165) is 0 Å². The van der Waals surface area contributed by atoms with Crippen LogP contribution in [0.25, 0.3) is 0 Å². The van der Waals surface area contributed by atoms with Crippen molar-refractivity contribution in [1.29, 1.82) is 5.26 Å². The van der Waals surface area contributed by atoms with E-state index in [0.29, 0.717) is 15.8 Å². The molecule has 0 fully saturated rings. The van der Waals surface area contributed by atoms with Crippen LogP contribution < -0.4 is 5.32 Å². The highest BCUT2D eigenvalue weighted by Gasteiger charge is 2.34. The SMILES string of the molecule is CC(C#N)SC[C@](C)(NC(=O)OC(C)(C)C)c1cc(Br)ccc1F. The van der Waals surface area contributed by atoms with E-state index in [9.17, 15) is 9.18 Å². The van der Waals surface area contributed by atoms with E-state index >= 15 is 0 Å². The Morgan fingerprint density at radius 2 is 2.08 bits per heavy atom. The molecule has 1 aromatic carbocycles. The van der Waals surface area contributed by atoms with Gasteiger partial charge in [-0.3, -0.25) is 0 Å². The van der Waals surface area contributed by atoms with Crippen LogP contribution in [0.3, 0.4) is 0 Å². The van der Waals surface area contributed by atoms with E-state index in [2.05, 4.69) is 27.3 Å². The van der Waals surface area contributed by atoms with Gasteiger partial charge in [0.1, 0.15) is 11.4 Å². The second-order valence-electron chi connectivity index (χ2n) is 6.67. The van der Waals surface area contributed by atoms with Crippen LogP contribution in [0.1, 0.15) is 40.2 Å². The third kappa shape index (κ3) is 6.33. The van der Waals surface area contributed by atoms with Gasteiger partial charge in [-0.05, 0) is 52.8 Å². The van der Waals surface area contributed by atoms with Crippen molar-refractivity contribution in [3.05, 3.63) is 34.1 Å². The van der Waals surface area contributed by atoms with Gasteiger partial charge in [-0.1, -0.05) is 15.9 Å². The zero-order chi connectivity index (χ0) is 18.5. The summed E-state index contributed by atoms with van der Waals surface area (Å²) in [4.78, 5) is 12.2. The van der Waals surface area contributed by atoms with E-state index in [1.807, 2.05) is 0 Å². The molecule has 7 heteroatoms. The second-order valence-corrected chi connectivity index (χ2v) is 8.91. The minimum absolute atomic E-state index is 0.278. The first-order valence-corrected chi connectivity index (χ1v) is 9.29. The predicted octanol–water partition coefficient (Wildman–Crippen LogP) is 4.97. The summed E-state index contributed by atoms with van der Waals surface area (Å²) in [6, 6.07) is 6.69. The maximum absolute atomic E-state index is 14.4. The molecule has 4 nitrogen and oxygen atoms in total. The molecule has 0 bridgehead atoms. The fourth-order valence-electron chi connectivity index (χ4n) is 1.96. The average Bonchev–Trinajstić information content (AvgIpc) is 2.45. The Bertz CT molecular complexity index is 642. The van der Waals surface area contributed by atoms with Crippen molar-refractivity contribution in [2.45, 2.75) is 51.0 Å². The van der Waals surface area contributed by atoms with Crippen molar-refractivity contribution < 1.29 is 13.9 Å². The van der Waals surface area contributed by atoms with Gasteiger partial charge in [0.2, 0.25) is 0 Å². The average molecular weight is 417 g/mol. The summed E-state index contributed by atoms with van der Waals surface area (Å²) in [6.45, 7) is 8.76. The summed E-state index contributed by atoms with van der Waals surface area (Å²) in [7, 11) is 0. The van der Waals surface area contributed by atoms with E-state index in [4.69, 9.17) is 10.00 Å². The maximum atomic E-state index is 14.4. The van der Waals surface area contributed by atoms with Crippen LogP contribution in [0.15, 0.2) is 22.7 Å². The summed E-state index contributed by atoms with van der Waals surface area (Å²) in [5.74, 6) is -0.101. The maximum Gasteiger partial charge on any atom is 0.408 e. The molecule has 0 radical (unpaired) electrons. The predicted molar refractivity (Wildman–Crippen MR) is 98.4 cm³/mol. The molecule has 1 rings (SSSR count). The van der Waals surface area contributed by atoms with E-state index in [1.54, 1.807) is 46.8 Å². The molecule has 0 aliphatic carbocycles. The van der Waals surface area contributed by atoms with Crippen molar-refractivity contribution in [2.75, 3.05) is 5.75 Å². The molecule has 0 saturated heterocycles. The number of carbonyl (C=O) groups is 1. The van der Waals surface area contributed by atoms with Gasteiger partial charge in [0.05, 0.1) is 16.9 Å². The van der Waals surface area contributed by atoms with Gasteiger partial charge in [0.25, 0.3) is 0 Å². The van der Waals surface area contributed by atoms with Crippen molar-refractivity contribution in [2.24, 2.45) is 0 Å². The Labute approximate surface area is 155 Å². The molecule has 1 amide bonds. The number of alkyl carbamates (subject to hydrolysis) is 1. The van der Waals surface area contributed by atoms with Crippen LogP contribution in [-0.4, -0.2) is 22.7 Å². The molecule has 0 spiro atoms. The Kier molecular flexibility index (Phi) is 7.11. The summed E-state index contributed by atoms with van der Waals surface area (Å²) in [6.07, 6.45) is -0.630. The molecular formula is C17H22BrFN2O2S.